The van der Waals surface area contributed by atoms with Crippen LogP contribution >= 0.6 is 0 Å². The molecule has 0 aliphatic heterocycles. The second kappa shape index (κ2) is 5.59. The monoisotopic (exact) mass is 156 g/mol. The first kappa shape index (κ1) is 11.0. The zero-order valence-electron chi connectivity index (χ0n) is 8.59. The molecule has 0 aliphatic carbocycles. The van der Waals surface area contributed by atoms with Crippen molar-refractivity contribution >= 4 is 0 Å². The second-order valence-corrected chi connectivity index (χ2v) is 3.47. The van der Waals surface area contributed by atoms with Gasteiger partial charge in [0, 0.05) is 6.54 Å². The van der Waals surface area contributed by atoms with Gasteiger partial charge in [0.25, 0.3) is 0 Å². The van der Waals surface area contributed by atoms with Gasteiger partial charge < -0.3 is 0 Å². The maximum Gasteiger partial charge on any atom is 0.0282 e. The van der Waals surface area contributed by atoms with E-state index in [1.807, 2.05) is 0 Å². The Balaban J connectivity index is 3.62. The molecule has 1 atom stereocenters. The van der Waals surface area contributed by atoms with Crippen LogP contribution < -0.4 is 0 Å². The molecule has 0 aromatic carbocycles. The lowest BCUT2D eigenvalue weighted by Crippen LogP contribution is -2.25. The molecular weight excluding hydrogens is 134 g/mol. The Labute approximate surface area is 71.8 Å². The molecule has 0 fully saturated rings. The van der Waals surface area contributed by atoms with Crippen molar-refractivity contribution in [1.29, 1.82) is 0 Å². The average Bonchev–Trinajstić information content (AvgIpc) is 1.99. The predicted molar refractivity (Wildman–Crippen MR) is 51.2 cm³/mol. The van der Waals surface area contributed by atoms with E-state index in [1.165, 1.54) is 0 Å². The largest absolute Gasteiger partial charge is 0.299 e. The van der Waals surface area contributed by atoms with E-state index in [9.17, 15) is 0 Å². The van der Waals surface area contributed by atoms with Gasteiger partial charge in [-0.1, -0.05) is 34.6 Å². The number of hydrogen-bond donors (Lipinski definition) is 0. The van der Waals surface area contributed by atoms with Gasteiger partial charge in [-0.25, -0.2) is 0 Å². The first-order chi connectivity index (χ1) is 5.11. The molecule has 1 heteroatoms. The third kappa shape index (κ3) is 4.41. The first-order valence-corrected chi connectivity index (χ1v) is 4.70. The molecule has 67 valence electrons. The highest BCUT2D eigenvalue weighted by atomic mass is 15.1. The van der Waals surface area contributed by atoms with E-state index in [1.54, 1.807) is 0 Å². The van der Waals surface area contributed by atoms with Crippen LogP contribution in [0.25, 0.3) is 0 Å². The molecule has 0 rings (SSSR count). The Hall–Kier alpha value is -0.0400. The lowest BCUT2D eigenvalue weighted by Gasteiger charge is -2.24. The summed E-state index contributed by atoms with van der Waals surface area (Å²) in [6, 6.07) is 0. The summed E-state index contributed by atoms with van der Waals surface area (Å²) in [4.78, 5) is 2.37. The SMILES string of the molecule is CCN([CH]C(C)C(C)C)CC. The van der Waals surface area contributed by atoms with Crippen LogP contribution in [0.15, 0.2) is 0 Å². The number of hydrogen-bond acceptors (Lipinski definition) is 1. The van der Waals surface area contributed by atoms with E-state index in [0.717, 1.165) is 19.0 Å². The van der Waals surface area contributed by atoms with Gasteiger partial charge in [0.05, 0.1) is 0 Å². The summed E-state index contributed by atoms with van der Waals surface area (Å²) in [5, 5.41) is 0. The van der Waals surface area contributed by atoms with Crippen molar-refractivity contribution in [2.45, 2.75) is 34.6 Å². The minimum absolute atomic E-state index is 0.704. The maximum absolute atomic E-state index is 2.37. The summed E-state index contributed by atoms with van der Waals surface area (Å²) in [5.41, 5.74) is 0. The van der Waals surface area contributed by atoms with Crippen LogP contribution in [-0.2, 0) is 0 Å². The summed E-state index contributed by atoms with van der Waals surface area (Å²) in [6.45, 7) is 15.8. The van der Waals surface area contributed by atoms with Crippen molar-refractivity contribution in [1.82, 2.24) is 4.90 Å². The zero-order valence-corrected chi connectivity index (χ0v) is 8.59. The average molecular weight is 156 g/mol. The van der Waals surface area contributed by atoms with Crippen molar-refractivity contribution in [2.75, 3.05) is 13.1 Å². The highest BCUT2D eigenvalue weighted by molar-refractivity contribution is 4.74. The summed E-state index contributed by atoms with van der Waals surface area (Å²) >= 11 is 0. The number of nitrogens with zero attached hydrogens (tertiary/aromatic N) is 1. The molecule has 1 nitrogen and oxygen atoms in total. The van der Waals surface area contributed by atoms with E-state index in [-0.39, 0.29) is 0 Å². The van der Waals surface area contributed by atoms with Crippen molar-refractivity contribution in [2.24, 2.45) is 11.8 Å². The predicted octanol–water partition coefficient (Wildman–Crippen LogP) is 2.78. The first-order valence-electron chi connectivity index (χ1n) is 4.70. The van der Waals surface area contributed by atoms with Crippen molar-refractivity contribution in [3.8, 4) is 0 Å². The highest BCUT2D eigenvalue weighted by Gasteiger charge is 2.10. The molecule has 0 amide bonds. The molecule has 0 bridgehead atoms. The van der Waals surface area contributed by atoms with Crippen LogP contribution in [0.5, 0.6) is 0 Å². The minimum Gasteiger partial charge on any atom is -0.299 e. The van der Waals surface area contributed by atoms with E-state index < -0.39 is 0 Å². The molecule has 1 radical (unpaired) electrons. The van der Waals surface area contributed by atoms with Crippen LogP contribution in [0, 0.1) is 18.4 Å². The van der Waals surface area contributed by atoms with Gasteiger partial charge in [-0.3, -0.25) is 4.90 Å². The van der Waals surface area contributed by atoms with Gasteiger partial charge in [-0.15, -0.1) is 0 Å². The number of rotatable bonds is 5. The molecule has 0 aromatic rings. The van der Waals surface area contributed by atoms with E-state index in [2.05, 4.69) is 46.1 Å². The summed E-state index contributed by atoms with van der Waals surface area (Å²) in [6.07, 6.45) is 0. The maximum atomic E-state index is 2.37. The van der Waals surface area contributed by atoms with E-state index >= 15 is 0 Å². The molecular formula is C10H22N. The molecule has 0 aliphatic rings. The Kier molecular flexibility index (Phi) is 5.57. The van der Waals surface area contributed by atoms with Crippen molar-refractivity contribution < 1.29 is 0 Å². The molecule has 11 heavy (non-hydrogen) atoms. The molecule has 0 spiro atoms. The van der Waals surface area contributed by atoms with Gasteiger partial charge in [0.1, 0.15) is 0 Å². The van der Waals surface area contributed by atoms with Crippen LogP contribution in [0.3, 0.4) is 0 Å². The second-order valence-electron chi connectivity index (χ2n) is 3.47. The van der Waals surface area contributed by atoms with Crippen LogP contribution in [0.1, 0.15) is 34.6 Å². The fourth-order valence-corrected chi connectivity index (χ4v) is 0.939. The van der Waals surface area contributed by atoms with Gasteiger partial charge >= 0.3 is 0 Å². The van der Waals surface area contributed by atoms with E-state index in [4.69, 9.17) is 0 Å². The van der Waals surface area contributed by atoms with Gasteiger partial charge in [-0.2, -0.15) is 0 Å². The van der Waals surface area contributed by atoms with Crippen molar-refractivity contribution in [3.63, 3.8) is 0 Å². The van der Waals surface area contributed by atoms with Crippen molar-refractivity contribution in [3.05, 3.63) is 6.54 Å². The van der Waals surface area contributed by atoms with Crippen LogP contribution in [-0.4, -0.2) is 18.0 Å². The quantitative estimate of drug-likeness (QED) is 0.591. The molecule has 0 aromatic heterocycles. The third-order valence-electron chi connectivity index (χ3n) is 2.31. The summed E-state index contributed by atoms with van der Waals surface area (Å²) in [7, 11) is 0. The van der Waals surface area contributed by atoms with Crippen LogP contribution in [0.4, 0.5) is 0 Å². The summed E-state index contributed by atoms with van der Waals surface area (Å²) in [5.74, 6) is 1.46. The standard InChI is InChI=1S/C10H22N/c1-6-11(7-2)8-10(5)9(3)4/h8-10H,6-7H2,1-5H3. The topological polar surface area (TPSA) is 3.24 Å². The Morgan fingerprint density at radius 1 is 1.09 bits per heavy atom. The molecule has 0 saturated heterocycles. The smallest absolute Gasteiger partial charge is 0.0282 e. The van der Waals surface area contributed by atoms with Crippen LogP contribution in [0.2, 0.25) is 0 Å². The molecule has 1 unspecified atom stereocenters. The minimum atomic E-state index is 0.704. The zero-order chi connectivity index (χ0) is 8.85. The lowest BCUT2D eigenvalue weighted by atomic mass is 9.98. The normalized spacial score (nSPS) is 14.5. The summed E-state index contributed by atoms with van der Waals surface area (Å²) < 4.78 is 0. The van der Waals surface area contributed by atoms with E-state index in [0.29, 0.717) is 5.92 Å². The lowest BCUT2D eigenvalue weighted by molar-refractivity contribution is 0.293. The fraction of sp³-hybridized carbons (Fsp3) is 0.900. The molecule has 0 N–H and O–H groups in total. The Morgan fingerprint density at radius 3 is 1.82 bits per heavy atom. The van der Waals surface area contributed by atoms with Gasteiger partial charge in [0.15, 0.2) is 0 Å². The Bertz CT molecular complexity index is 84.9. The molecule has 0 heterocycles. The highest BCUT2D eigenvalue weighted by Crippen LogP contribution is 2.14. The fourth-order valence-electron chi connectivity index (χ4n) is 0.939. The third-order valence-corrected chi connectivity index (χ3v) is 2.31. The van der Waals surface area contributed by atoms with Gasteiger partial charge in [0.2, 0.25) is 0 Å². The van der Waals surface area contributed by atoms with Gasteiger partial charge in [-0.05, 0) is 24.9 Å². The molecule has 0 saturated carbocycles. The Morgan fingerprint density at radius 2 is 1.55 bits per heavy atom.